The van der Waals surface area contributed by atoms with Gasteiger partial charge in [-0.3, -0.25) is 0 Å². The van der Waals surface area contributed by atoms with E-state index in [0.29, 0.717) is 0 Å². The SMILES string of the molecule is CC(O)C1(CC2OCCc3ccccc32)CC1. The Labute approximate surface area is 103 Å². The molecule has 1 aromatic carbocycles. The molecule has 2 heteroatoms. The third-order valence-corrected chi connectivity index (χ3v) is 4.46. The molecule has 0 spiro atoms. The van der Waals surface area contributed by atoms with Gasteiger partial charge >= 0.3 is 0 Å². The molecular weight excluding hydrogens is 212 g/mol. The van der Waals surface area contributed by atoms with Gasteiger partial charge in [0.05, 0.1) is 18.8 Å². The van der Waals surface area contributed by atoms with Crippen molar-refractivity contribution in [3.05, 3.63) is 35.4 Å². The van der Waals surface area contributed by atoms with Crippen molar-refractivity contribution >= 4 is 0 Å². The highest BCUT2D eigenvalue weighted by Crippen LogP contribution is 2.55. The number of hydrogen-bond acceptors (Lipinski definition) is 2. The zero-order valence-electron chi connectivity index (χ0n) is 10.4. The maximum atomic E-state index is 9.87. The minimum Gasteiger partial charge on any atom is -0.393 e. The molecule has 1 fully saturated rings. The summed E-state index contributed by atoms with van der Waals surface area (Å²) in [6.07, 6.45) is 4.27. The van der Waals surface area contributed by atoms with Crippen LogP contribution in [0.3, 0.4) is 0 Å². The monoisotopic (exact) mass is 232 g/mol. The summed E-state index contributed by atoms with van der Waals surface area (Å²) < 4.78 is 5.92. The first-order valence-electron chi connectivity index (χ1n) is 6.59. The van der Waals surface area contributed by atoms with E-state index >= 15 is 0 Å². The fourth-order valence-electron chi connectivity index (χ4n) is 2.97. The van der Waals surface area contributed by atoms with Gasteiger partial charge in [0.1, 0.15) is 0 Å². The molecule has 1 aliphatic heterocycles. The summed E-state index contributed by atoms with van der Waals surface area (Å²) in [4.78, 5) is 0. The summed E-state index contributed by atoms with van der Waals surface area (Å²) in [6, 6.07) is 8.56. The second-order valence-corrected chi connectivity index (χ2v) is 5.55. The predicted molar refractivity (Wildman–Crippen MR) is 66.8 cm³/mol. The molecule has 17 heavy (non-hydrogen) atoms. The van der Waals surface area contributed by atoms with Crippen LogP contribution in [0.2, 0.25) is 0 Å². The van der Waals surface area contributed by atoms with Crippen LogP contribution in [0.4, 0.5) is 0 Å². The van der Waals surface area contributed by atoms with Gasteiger partial charge in [-0.25, -0.2) is 0 Å². The molecular formula is C15H20O2. The second-order valence-electron chi connectivity index (χ2n) is 5.55. The smallest absolute Gasteiger partial charge is 0.0834 e. The van der Waals surface area contributed by atoms with Gasteiger partial charge in [0.15, 0.2) is 0 Å². The minimum atomic E-state index is -0.208. The van der Waals surface area contributed by atoms with Crippen LogP contribution < -0.4 is 0 Å². The van der Waals surface area contributed by atoms with Crippen LogP contribution >= 0.6 is 0 Å². The van der Waals surface area contributed by atoms with Crippen molar-refractivity contribution in [1.82, 2.24) is 0 Å². The molecule has 1 N–H and O–H groups in total. The first kappa shape index (κ1) is 11.2. The van der Waals surface area contributed by atoms with E-state index in [-0.39, 0.29) is 17.6 Å². The van der Waals surface area contributed by atoms with Crippen molar-refractivity contribution < 1.29 is 9.84 Å². The number of fused-ring (bicyclic) bond motifs is 1. The third kappa shape index (κ3) is 2.00. The Morgan fingerprint density at radius 3 is 2.88 bits per heavy atom. The fourth-order valence-corrected chi connectivity index (χ4v) is 2.97. The van der Waals surface area contributed by atoms with E-state index in [9.17, 15) is 5.11 Å². The molecule has 3 rings (SSSR count). The average Bonchev–Trinajstić information content (AvgIpc) is 3.11. The van der Waals surface area contributed by atoms with Crippen molar-refractivity contribution in [2.45, 2.75) is 44.8 Å². The van der Waals surface area contributed by atoms with Crippen LogP contribution in [0.1, 0.15) is 43.4 Å². The Morgan fingerprint density at radius 1 is 1.41 bits per heavy atom. The third-order valence-electron chi connectivity index (χ3n) is 4.46. The lowest BCUT2D eigenvalue weighted by molar-refractivity contribution is -0.00197. The van der Waals surface area contributed by atoms with Gasteiger partial charge in [0.25, 0.3) is 0 Å². The summed E-state index contributed by atoms with van der Waals surface area (Å²) in [5.41, 5.74) is 2.89. The van der Waals surface area contributed by atoms with E-state index in [1.54, 1.807) is 0 Å². The predicted octanol–water partition coefficient (Wildman–Crippen LogP) is 2.85. The molecule has 2 aliphatic rings. The summed E-state index contributed by atoms with van der Waals surface area (Å²) in [5.74, 6) is 0. The van der Waals surface area contributed by atoms with Crippen molar-refractivity contribution in [2.75, 3.05) is 6.61 Å². The van der Waals surface area contributed by atoms with Gasteiger partial charge in [-0.2, -0.15) is 0 Å². The molecule has 2 nitrogen and oxygen atoms in total. The number of benzene rings is 1. The average molecular weight is 232 g/mol. The molecule has 1 aromatic rings. The van der Waals surface area contributed by atoms with E-state index in [4.69, 9.17) is 4.74 Å². The minimum absolute atomic E-state index is 0.134. The van der Waals surface area contributed by atoms with Gasteiger partial charge in [0, 0.05) is 0 Å². The van der Waals surface area contributed by atoms with Gasteiger partial charge in [-0.1, -0.05) is 24.3 Å². The zero-order valence-corrected chi connectivity index (χ0v) is 10.4. The first-order valence-corrected chi connectivity index (χ1v) is 6.59. The van der Waals surface area contributed by atoms with Crippen molar-refractivity contribution in [3.63, 3.8) is 0 Å². The zero-order chi connectivity index (χ0) is 11.9. The number of aliphatic hydroxyl groups is 1. The highest BCUT2D eigenvalue weighted by Gasteiger charge is 2.48. The lowest BCUT2D eigenvalue weighted by Crippen LogP contribution is -2.25. The van der Waals surface area contributed by atoms with E-state index < -0.39 is 0 Å². The highest BCUT2D eigenvalue weighted by molar-refractivity contribution is 5.31. The molecule has 0 saturated heterocycles. The summed E-state index contributed by atoms with van der Waals surface area (Å²) in [7, 11) is 0. The van der Waals surface area contributed by atoms with Gasteiger partial charge in [0.2, 0.25) is 0 Å². The lowest BCUT2D eigenvalue weighted by atomic mass is 9.87. The number of hydrogen-bond donors (Lipinski definition) is 1. The summed E-state index contributed by atoms with van der Waals surface area (Å²) in [5, 5.41) is 9.87. The van der Waals surface area contributed by atoms with Gasteiger partial charge < -0.3 is 9.84 Å². The van der Waals surface area contributed by atoms with Crippen molar-refractivity contribution in [3.8, 4) is 0 Å². The molecule has 2 atom stereocenters. The van der Waals surface area contributed by atoms with Crippen LogP contribution in [0.15, 0.2) is 24.3 Å². The van der Waals surface area contributed by atoms with Crippen LogP contribution in [0.25, 0.3) is 0 Å². The van der Waals surface area contributed by atoms with E-state index in [0.717, 1.165) is 32.3 Å². The molecule has 2 unspecified atom stereocenters. The molecule has 0 bridgehead atoms. The Kier molecular flexibility index (Phi) is 2.72. The van der Waals surface area contributed by atoms with Gasteiger partial charge in [-0.15, -0.1) is 0 Å². The Bertz CT molecular complexity index is 407. The molecule has 1 saturated carbocycles. The largest absolute Gasteiger partial charge is 0.393 e. The van der Waals surface area contributed by atoms with Crippen LogP contribution in [0.5, 0.6) is 0 Å². The molecule has 0 amide bonds. The van der Waals surface area contributed by atoms with E-state index in [2.05, 4.69) is 24.3 Å². The lowest BCUT2D eigenvalue weighted by Gasteiger charge is -2.30. The van der Waals surface area contributed by atoms with Crippen LogP contribution in [0, 0.1) is 5.41 Å². The van der Waals surface area contributed by atoms with Crippen molar-refractivity contribution in [2.24, 2.45) is 5.41 Å². The fraction of sp³-hybridized carbons (Fsp3) is 0.600. The first-order chi connectivity index (χ1) is 8.21. The number of aliphatic hydroxyl groups excluding tert-OH is 1. The normalized spacial score (nSPS) is 27.3. The Balaban J connectivity index is 1.82. The summed E-state index contributed by atoms with van der Waals surface area (Å²) >= 11 is 0. The maximum absolute atomic E-state index is 9.87. The topological polar surface area (TPSA) is 29.5 Å². The number of ether oxygens (including phenoxy) is 1. The molecule has 92 valence electrons. The molecule has 0 radical (unpaired) electrons. The highest BCUT2D eigenvalue weighted by atomic mass is 16.5. The maximum Gasteiger partial charge on any atom is 0.0834 e. The van der Waals surface area contributed by atoms with E-state index in [1.807, 2.05) is 6.92 Å². The molecule has 1 aliphatic carbocycles. The van der Waals surface area contributed by atoms with Crippen molar-refractivity contribution in [1.29, 1.82) is 0 Å². The Hall–Kier alpha value is -0.860. The molecule has 0 aromatic heterocycles. The molecule has 1 heterocycles. The quantitative estimate of drug-likeness (QED) is 0.868. The standard InChI is InChI=1S/C15H20O2/c1-11(16)15(7-8-15)10-14-13-5-3-2-4-12(13)6-9-17-14/h2-5,11,14,16H,6-10H2,1H3. The number of rotatable bonds is 3. The van der Waals surface area contributed by atoms with Crippen LogP contribution in [-0.4, -0.2) is 17.8 Å². The second kappa shape index (κ2) is 4.11. The van der Waals surface area contributed by atoms with Gasteiger partial charge in [-0.05, 0) is 49.1 Å². The van der Waals surface area contributed by atoms with E-state index in [1.165, 1.54) is 11.1 Å². The summed E-state index contributed by atoms with van der Waals surface area (Å²) in [6.45, 7) is 2.74. The Morgan fingerprint density at radius 2 is 2.18 bits per heavy atom. The van der Waals surface area contributed by atoms with Crippen LogP contribution in [-0.2, 0) is 11.2 Å².